The Balaban J connectivity index is 2.12. The van der Waals surface area contributed by atoms with Crippen molar-refractivity contribution < 1.29 is 14.3 Å². The molecule has 2 aromatic carbocycles. The number of aryl methyl sites for hydroxylation is 1. The summed E-state index contributed by atoms with van der Waals surface area (Å²) in [4.78, 5) is 12.5. The Morgan fingerprint density at radius 1 is 1.04 bits per heavy atom. The molecule has 0 radical (unpaired) electrons. The summed E-state index contributed by atoms with van der Waals surface area (Å²) in [6, 6.07) is 15.1. The van der Waals surface area contributed by atoms with E-state index in [2.05, 4.69) is 12.2 Å². The van der Waals surface area contributed by atoms with Gasteiger partial charge in [-0.15, -0.1) is 0 Å². The molecule has 0 saturated heterocycles. The van der Waals surface area contributed by atoms with Gasteiger partial charge in [-0.2, -0.15) is 0 Å². The Bertz CT molecular complexity index is 655. The number of amides is 1. The molecule has 0 heterocycles. The van der Waals surface area contributed by atoms with Gasteiger partial charge in [-0.3, -0.25) is 4.79 Å². The van der Waals surface area contributed by atoms with Gasteiger partial charge in [0.15, 0.2) is 17.6 Å². The van der Waals surface area contributed by atoms with Crippen LogP contribution in [0.5, 0.6) is 11.5 Å². The van der Waals surface area contributed by atoms with Crippen LogP contribution in [0.25, 0.3) is 0 Å². The van der Waals surface area contributed by atoms with Crippen LogP contribution in [0, 0.1) is 0 Å². The quantitative estimate of drug-likeness (QED) is 0.838. The molecule has 2 aromatic rings. The summed E-state index contributed by atoms with van der Waals surface area (Å²) in [6.07, 6.45) is 0.856. The van der Waals surface area contributed by atoms with Crippen molar-refractivity contribution in [3.8, 4) is 11.5 Å². The van der Waals surface area contributed by atoms with Gasteiger partial charge in [0.2, 0.25) is 0 Å². The summed E-state index contributed by atoms with van der Waals surface area (Å²) in [5, 5.41) is 2.97. The Morgan fingerprint density at radius 2 is 1.70 bits per heavy atom. The van der Waals surface area contributed by atoms with Gasteiger partial charge in [0, 0.05) is 5.69 Å². The number of methoxy groups -OCH3 is 1. The van der Waals surface area contributed by atoms with Crippen molar-refractivity contribution in [1.82, 2.24) is 0 Å². The third-order valence-electron chi connectivity index (χ3n) is 3.66. The molecule has 0 bridgehead atoms. The molecule has 1 atom stereocenters. The van der Waals surface area contributed by atoms with E-state index in [1.165, 1.54) is 0 Å². The topological polar surface area (TPSA) is 47.6 Å². The second kappa shape index (κ2) is 8.22. The maximum absolute atomic E-state index is 12.5. The molecule has 0 aromatic heterocycles. The van der Waals surface area contributed by atoms with E-state index >= 15 is 0 Å². The van der Waals surface area contributed by atoms with E-state index in [4.69, 9.17) is 9.47 Å². The molecular formula is C19H23NO3. The molecule has 0 aliphatic carbocycles. The van der Waals surface area contributed by atoms with E-state index in [-0.39, 0.29) is 5.91 Å². The van der Waals surface area contributed by atoms with Crippen molar-refractivity contribution in [2.24, 2.45) is 0 Å². The van der Waals surface area contributed by atoms with E-state index in [1.54, 1.807) is 13.2 Å². The lowest BCUT2D eigenvalue weighted by molar-refractivity contribution is -0.122. The summed E-state index contributed by atoms with van der Waals surface area (Å²) in [5.41, 5.74) is 1.94. The van der Waals surface area contributed by atoms with Gasteiger partial charge in [-0.05, 0) is 36.6 Å². The Morgan fingerprint density at radius 3 is 2.35 bits per heavy atom. The number of hydrogen-bond acceptors (Lipinski definition) is 3. The maximum atomic E-state index is 12.5. The lowest BCUT2D eigenvalue weighted by Crippen LogP contribution is -2.32. The van der Waals surface area contributed by atoms with Crippen LogP contribution in [-0.4, -0.2) is 19.1 Å². The van der Waals surface area contributed by atoms with Crippen LogP contribution in [0.3, 0.4) is 0 Å². The summed E-state index contributed by atoms with van der Waals surface area (Å²) in [7, 11) is 1.58. The minimum Gasteiger partial charge on any atom is -0.493 e. The largest absolute Gasteiger partial charge is 0.493 e. The molecule has 1 N–H and O–H groups in total. The fourth-order valence-corrected chi connectivity index (χ4v) is 2.36. The first-order valence-corrected chi connectivity index (χ1v) is 7.88. The van der Waals surface area contributed by atoms with Crippen LogP contribution < -0.4 is 14.8 Å². The van der Waals surface area contributed by atoms with Crippen molar-refractivity contribution in [3.63, 3.8) is 0 Å². The van der Waals surface area contributed by atoms with Crippen molar-refractivity contribution in [2.75, 3.05) is 12.4 Å². The normalized spacial score (nSPS) is 11.6. The molecule has 0 fully saturated rings. The molecular weight excluding hydrogens is 290 g/mol. The Kier molecular flexibility index (Phi) is 6.03. The monoisotopic (exact) mass is 313 g/mol. The Labute approximate surface area is 137 Å². The highest BCUT2D eigenvalue weighted by Crippen LogP contribution is 2.27. The molecule has 2 rings (SSSR count). The van der Waals surface area contributed by atoms with Gasteiger partial charge in [0.1, 0.15) is 0 Å². The van der Waals surface area contributed by atoms with Crippen LogP contribution in [0.4, 0.5) is 5.69 Å². The highest BCUT2D eigenvalue weighted by atomic mass is 16.5. The van der Waals surface area contributed by atoms with Gasteiger partial charge < -0.3 is 14.8 Å². The van der Waals surface area contributed by atoms with Crippen LogP contribution in [0.15, 0.2) is 48.5 Å². The van der Waals surface area contributed by atoms with E-state index in [0.29, 0.717) is 17.9 Å². The first-order valence-electron chi connectivity index (χ1n) is 7.88. The third kappa shape index (κ3) is 4.25. The zero-order valence-electron chi connectivity index (χ0n) is 13.8. The molecule has 1 amide bonds. The number of rotatable bonds is 7. The Hall–Kier alpha value is -2.49. The second-order valence-corrected chi connectivity index (χ2v) is 5.17. The molecule has 0 unspecified atom stereocenters. The van der Waals surface area contributed by atoms with Gasteiger partial charge in [-0.1, -0.05) is 44.2 Å². The number of anilines is 1. The van der Waals surface area contributed by atoms with Gasteiger partial charge in [-0.25, -0.2) is 0 Å². The number of para-hydroxylation sites is 3. The zero-order valence-corrected chi connectivity index (χ0v) is 13.8. The lowest BCUT2D eigenvalue weighted by atomic mass is 10.1. The first kappa shape index (κ1) is 16.9. The van der Waals surface area contributed by atoms with E-state index in [0.717, 1.165) is 17.7 Å². The standard InChI is InChI=1S/C19H23NO3/c1-4-14-10-6-7-11-15(14)20-19(21)16(5-2)23-18-13-9-8-12-17(18)22-3/h6-13,16H,4-5H2,1-3H3,(H,20,21)/t16-/m0/s1. The summed E-state index contributed by atoms with van der Waals surface area (Å²) in [5.74, 6) is 1.03. The summed E-state index contributed by atoms with van der Waals surface area (Å²) < 4.78 is 11.1. The zero-order chi connectivity index (χ0) is 16.7. The number of carbonyl (C=O) groups excluding carboxylic acids is 1. The molecule has 0 saturated carbocycles. The van der Waals surface area contributed by atoms with Crippen LogP contribution >= 0.6 is 0 Å². The summed E-state index contributed by atoms with van der Waals surface area (Å²) >= 11 is 0. The highest BCUT2D eigenvalue weighted by molar-refractivity contribution is 5.95. The van der Waals surface area contributed by atoms with E-state index in [9.17, 15) is 4.79 Å². The van der Waals surface area contributed by atoms with Gasteiger partial charge in [0.05, 0.1) is 7.11 Å². The minimum atomic E-state index is -0.573. The smallest absolute Gasteiger partial charge is 0.265 e. The fraction of sp³-hybridized carbons (Fsp3) is 0.316. The molecule has 23 heavy (non-hydrogen) atoms. The number of ether oxygens (including phenoxy) is 2. The molecule has 0 spiro atoms. The fourth-order valence-electron chi connectivity index (χ4n) is 2.36. The van der Waals surface area contributed by atoms with E-state index < -0.39 is 6.10 Å². The predicted octanol–water partition coefficient (Wildman–Crippen LogP) is 4.05. The van der Waals surface area contributed by atoms with Crippen molar-refractivity contribution in [2.45, 2.75) is 32.8 Å². The second-order valence-electron chi connectivity index (χ2n) is 5.17. The molecule has 0 aliphatic heterocycles. The van der Waals surface area contributed by atoms with Gasteiger partial charge in [0.25, 0.3) is 5.91 Å². The molecule has 0 aliphatic rings. The summed E-state index contributed by atoms with van der Waals surface area (Å²) in [6.45, 7) is 3.99. The number of carbonyl (C=O) groups is 1. The van der Waals surface area contributed by atoms with Crippen LogP contribution in [0.1, 0.15) is 25.8 Å². The van der Waals surface area contributed by atoms with Crippen LogP contribution in [-0.2, 0) is 11.2 Å². The number of hydrogen-bond donors (Lipinski definition) is 1. The highest BCUT2D eigenvalue weighted by Gasteiger charge is 2.20. The third-order valence-corrected chi connectivity index (χ3v) is 3.66. The van der Waals surface area contributed by atoms with Crippen molar-refractivity contribution in [3.05, 3.63) is 54.1 Å². The molecule has 4 heteroatoms. The van der Waals surface area contributed by atoms with Gasteiger partial charge >= 0.3 is 0 Å². The number of nitrogens with one attached hydrogen (secondary N) is 1. The predicted molar refractivity (Wildman–Crippen MR) is 92.2 cm³/mol. The van der Waals surface area contributed by atoms with Crippen molar-refractivity contribution >= 4 is 11.6 Å². The molecule has 122 valence electrons. The van der Waals surface area contributed by atoms with E-state index in [1.807, 2.05) is 49.4 Å². The SMILES string of the molecule is CCc1ccccc1NC(=O)[C@H](CC)Oc1ccccc1OC. The maximum Gasteiger partial charge on any atom is 0.265 e. The lowest BCUT2D eigenvalue weighted by Gasteiger charge is -2.19. The van der Waals surface area contributed by atoms with Crippen molar-refractivity contribution in [1.29, 1.82) is 0 Å². The first-order chi connectivity index (χ1) is 11.2. The average Bonchev–Trinajstić information content (AvgIpc) is 2.60. The average molecular weight is 313 g/mol. The van der Waals surface area contributed by atoms with Crippen LogP contribution in [0.2, 0.25) is 0 Å². The number of benzene rings is 2. The molecule has 4 nitrogen and oxygen atoms in total. The minimum absolute atomic E-state index is 0.153.